The molecule has 0 amide bonds. The van der Waals surface area contributed by atoms with Crippen molar-refractivity contribution in [2.24, 2.45) is 11.8 Å². The molecule has 0 N–H and O–H groups in total. The molecule has 0 saturated heterocycles. The third-order valence-corrected chi connectivity index (χ3v) is 5.18. The van der Waals surface area contributed by atoms with Crippen LogP contribution in [0.1, 0.15) is 70.8 Å². The molecule has 1 fully saturated rings. The van der Waals surface area contributed by atoms with E-state index in [1.807, 2.05) is 0 Å². The van der Waals surface area contributed by atoms with Gasteiger partial charge in [-0.05, 0) is 43.2 Å². The highest BCUT2D eigenvalue weighted by molar-refractivity contribution is 5.31. The smallest absolute Gasteiger partial charge is 0.200 e. The fourth-order valence-electron chi connectivity index (χ4n) is 3.69. The van der Waals surface area contributed by atoms with E-state index >= 15 is 0 Å². The lowest BCUT2D eigenvalue weighted by Crippen LogP contribution is -2.15. The summed E-state index contributed by atoms with van der Waals surface area (Å²) in [5.41, 5.74) is 0.485. The van der Waals surface area contributed by atoms with Crippen molar-refractivity contribution < 1.29 is 13.5 Å². The van der Waals surface area contributed by atoms with Crippen LogP contribution in [0, 0.1) is 23.5 Å². The summed E-state index contributed by atoms with van der Waals surface area (Å²) in [6.07, 6.45) is 10.7. The first-order chi connectivity index (χ1) is 11.2. The molecule has 0 radical (unpaired) electrons. The lowest BCUT2D eigenvalue weighted by atomic mass is 9.78. The second kappa shape index (κ2) is 9.24. The van der Waals surface area contributed by atoms with Gasteiger partial charge in [0.2, 0.25) is 5.82 Å². The zero-order chi connectivity index (χ0) is 16.7. The van der Waals surface area contributed by atoms with Crippen LogP contribution in [0.2, 0.25) is 0 Å². The van der Waals surface area contributed by atoms with Crippen LogP contribution in [0.25, 0.3) is 0 Å². The Labute approximate surface area is 139 Å². The minimum Gasteiger partial charge on any atom is -0.491 e. The maximum Gasteiger partial charge on any atom is 0.200 e. The first-order valence-corrected chi connectivity index (χ1v) is 9.25. The number of halogens is 2. The maximum atomic E-state index is 14.1. The number of rotatable bonds is 8. The fraction of sp³-hybridized carbons (Fsp3) is 0.700. The van der Waals surface area contributed by atoms with Crippen molar-refractivity contribution in [3.05, 3.63) is 29.3 Å². The summed E-state index contributed by atoms with van der Waals surface area (Å²) in [5.74, 6) is 0.0122. The summed E-state index contributed by atoms with van der Waals surface area (Å²) in [5, 5.41) is 0. The molecule has 0 unspecified atom stereocenters. The lowest BCUT2D eigenvalue weighted by Gasteiger charge is -2.28. The minimum atomic E-state index is -0.840. The zero-order valence-electron chi connectivity index (χ0n) is 14.5. The monoisotopic (exact) mass is 324 g/mol. The van der Waals surface area contributed by atoms with Crippen LogP contribution in [0.4, 0.5) is 8.78 Å². The average Bonchev–Trinajstić information content (AvgIpc) is 2.57. The van der Waals surface area contributed by atoms with Crippen molar-refractivity contribution in [1.29, 1.82) is 0 Å². The summed E-state index contributed by atoms with van der Waals surface area (Å²) in [7, 11) is 0. The molecule has 0 atom stereocenters. The Morgan fingerprint density at radius 2 is 1.61 bits per heavy atom. The van der Waals surface area contributed by atoms with Crippen LogP contribution >= 0.6 is 0 Å². The van der Waals surface area contributed by atoms with E-state index < -0.39 is 11.6 Å². The van der Waals surface area contributed by atoms with E-state index in [0.29, 0.717) is 24.5 Å². The van der Waals surface area contributed by atoms with E-state index in [9.17, 15) is 8.78 Å². The summed E-state index contributed by atoms with van der Waals surface area (Å²) >= 11 is 0. The van der Waals surface area contributed by atoms with Gasteiger partial charge in [0, 0.05) is 0 Å². The van der Waals surface area contributed by atoms with E-state index in [4.69, 9.17) is 4.74 Å². The molecule has 1 aromatic carbocycles. The molecular weight excluding hydrogens is 294 g/mol. The van der Waals surface area contributed by atoms with Gasteiger partial charge in [-0.1, -0.05) is 57.9 Å². The van der Waals surface area contributed by atoms with Gasteiger partial charge in [-0.3, -0.25) is 0 Å². The van der Waals surface area contributed by atoms with E-state index in [1.54, 1.807) is 19.1 Å². The molecule has 0 aliphatic heterocycles. The Hall–Kier alpha value is -1.12. The van der Waals surface area contributed by atoms with Gasteiger partial charge in [-0.15, -0.1) is 0 Å². The van der Waals surface area contributed by atoms with Crippen LogP contribution in [0.5, 0.6) is 5.75 Å². The Morgan fingerprint density at radius 3 is 2.22 bits per heavy atom. The molecule has 1 aromatic rings. The average molecular weight is 324 g/mol. The van der Waals surface area contributed by atoms with Crippen LogP contribution in [0.3, 0.4) is 0 Å². The standard InChI is InChI=1S/C20H30F2O/c1-3-5-6-15-7-9-16(10-8-15)11-12-17-13-14-18(23-4-2)20(22)19(17)21/h13-16H,3-12H2,1-2H3. The summed E-state index contributed by atoms with van der Waals surface area (Å²) in [6, 6.07) is 3.23. The quantitative estimate of drug-likeness (QED) is 0.546. The van der Waals surface area contributed by atoms with Crippen LogP contribution in [0.15, 0.2) is 12.1 Å². The molecule has 0 spiro atoms. The lowest BCUT2D eigenvalue weighted by molar-refractivity contribution is 0.249. The van der Waals surface area contributed by atoms with Crippen molar-refractivity contribution in [3.8, 4) is 5.75 Å². The highest BCUT2D eigenvalue weighted by Crippen LogP contribution is 2.34. The molecular formula is C20H30F2O. The van der Waals surface area contributed by atoms with E-state index in [1.165, 1.54) is 44.9 Å². The maximum absolute atomic E-state index is 14.1. The molecule has 2 rings (SSSR count). The first kappa shape index (κ1) is 18.2. The van der Waals surface area contributed by atoms with Crippen LogP contribution in [-0.4, -0.2) is 6.61 Å². The Kier molecular flexibility index (Phi) is 7.32. The summed E-state index contributed by atoms with van der Waals surface area (Å²) in [4.78, 5) is 0. The second-order valence-corrected chi connectivity index (χ2v) is 6.85. The largest absolute Gasteiger partial charge is 0.491 e. The summed E-state index contributed by atoms with van der Waals surface area (Å²) < 4.78 is 33.1. The topological polar surface area (TPSA) is 9.23 Å². The van der Waals surface area contributed by atoms with Gasteiger partial charge in [0.25, 0.3) is 0 Å². The predicted molar refractivity (Wildman–Crippen MR) is 90.8 cm³/mol. The van der Waals surface area contributed by atoms with Crippen molar-refractivity contribution in [3.63, 3.8) is 0 Å². The minimum absolute atomic E-state index is 0.0187. The summed E-state index contributed by atoms with van der Waals surface area (Å²) in [6.45, 7) is 4.36. The van der Waals surface area contributed by atoms with E-state index in [2.05, 4.69) is 6.92 Å². The fourth-order valence-corrected chi connectivity index (χ4v) is 3.69. The van der Waals surface area contributed by atoms with Crippen molar-refractivity contribution in [2.45, 2.75) is 71.6 Å². The van der Waals surface area contributed by atoms with Gasteiger partial charge >= 0.3 is 0 Å². The molecule has 23 heavy (non-hydrogen) atoms. The molecule has 0 bridgehead atoms. The van der Waals surface area contributed by atoms with Gasteiger partial charge in [-0.25, -0.2) is 4.39 Å². The zero-order valence-corrected chi connectivity index (χ0v) is 14.5. The number of benzene rings is 1. The highest BCUT2D eigenvalue weighted by atomic mass is 19.2. The molecule has 1 aliphatic rings. The van der Waals surface area contributed by atoms with Crippen molar-refractivity contribution >= 4 is 0 Å². The van der Waals surface area contributed by atoms with Gasteiger partial charge < -0.3 is 4.74 Å². The highest BCUT2D eigenvalue weighted by Gasteiger charge is 2.21. The van der Waals surface area contributed by atoms with Crippen LogP contribution < -0.4 is 4.74 Å². The van der Waals surface area contributed by atoms with Gasteiger partial charge in [0.1, 0.15) is 0 Å². The Balaban J connectivity index is 1.82. The number of hydrogen-bond acceptors (Lipinski definition) is 1. The first-order valence-electron chi connectivity index (χ1n) is 9.25. The van der Waals surface area contributed by atoms with Crippen molar-refractivity contribution in [2.75, 3.05) is 6.61 Å². The molecule has 1 nitrogen and oxygen atoms in total. The normalized spacial score (nSPS) is 21.4. The Bertz CT molecular complexity index is 479. The third-order valence-electron chi connectivity index (χ3n) is 5.18. The second-order valence-electron chi connectivity index (χ2n) is 6.85. The number of unbranched alkanes of at least 4 members (excludes halogenated alkanes) is 1. The van der Waals surface area contributed by atoms with Gasteiger partial charge in [-0.2, -0.15) is 4.39 Å². The third kappa shape index (κ3) is 5.19. The SMILES string of the molecule is CCCCC1CCC(CCc2ccc(OCC)c(F)c2F)CC1. The number of aryl methyl sites for hydroxylation is 1. The molecule has 0 heterocycles. The predicted octanol–water partition coefficient (Wildman–Crippen LogP) is 6.29. The van der Waals surface area contributed by atoms with E-state index in [-0.39, 0.29) is 5.75 Å². The van der Waals surface area contributed by atoms with Crippen LogP contribution in [-0.2, 0) is 6.42 Å². The number of hydrogen-bond donors (Lipinski definition) is 0. The molecule has 3 heteroatoms. The van der Waals surface area contributed by atoms with Crippen molar-refractivity contribution in [1.82, 2.24) is 0 Å². The van der Waals surface area contributed by atoms with Gasteiger partial charge in [0.15, 0.2) is 11.6 Å². The molecule has 1 saturated carbocycles. The Morgan fingerprint density at radius 1 is 0.957 bits per heavy atom. The van der Waals surface area contributed by atoms with E-state index in [0.717, 1.165) is 12.3 Å². The van der Waals surface area contributed by atoms with Gasteiger partial charge in [0.05, 0.1) is 6.61 Å². The molecule has 1 aliphatic carbocycles. The number of ether oxygens (including phenoxy) is 1. The molecule has 0 aromatic heterocycles. The molecule has 130 valence electrons.